The topological polar surface area (TPSA) is 86.7 Å². The molecule has 0 bridgehead atoms. The molecule has 1 aromatic heterocycles. The number of sulfonamides is 1. The summed E-state index contributed by atoms with van der Waals surface area (Å²) < 4.78 is 36.3. The lowest BCUT2D eigenvalue weighted by Crippen LogP contribution is -2.48. The fraction of sp³-hybridized carbons (Fsp3) is 0.381. The van der Waals surface area contributed by atoms with Crippen molar-refractivity contribution in [2.75, 3.05) is 26.2 Å². The zero-order chi connectivity index (χ0) is 21.4. The van der Waals surface area contributed by atoms with Crippen LogP contribution in [0.25, 0.3) is 11.0 Å². The van der Waals surface area contributed by atoms with E-state index in [1.807, 2.05) is 40.1 Å². The van der Waals surface area contributed by atoms with Crippen LogP contribution in [-0.4, -0.2) is 69.5 Å². The van der Waals surface area contributed by atoms with Gasteiger partial charge in [0.2, 0.25) is 10.0 Å². The summed E-state index contributed by atoms with van der Waals surface area (Å²) in [5.74, 6) is 0. The Morgan fingerprint density at radius 1 is 0.935 bits per heavy atom. The maximum atomic E-state index is 13.2. The molecule has 2 fully saturated rings. The molecule has 2 amide bonds. The summed E-state index contributed by atoms with van der Waals surface area (Å²) in [5.41, 5.74) is 2.15. The molecule has 0 aliphatic carbocycles. The predicted molar refractivity (Wildman–Crippen MR) is 118 cm³/mol. The normalized spacial score (nSPS) is 18.9. The molecule has 0 spiro atoms. The second-order valence-electron chi connectivity index (χ2n) is 7.91. The minimum Gasteiger partial charge on any atom is -0.320 e. The van der Waals surface area contributed by atoms with Gasteiger partial charge in [-0.25, -0.2) is 13.2 Å². The molecule has 2 aliphatic rings. The first-order valence-corrected chi connectivity index (χ1v) is 12.5. The SMILES string of the molecule is O=C1N(Cc2ccccc2)CCN1C1CCN(S(=O)(=O)c2cccc3nsnc23)CC1. The van der Waals surface area contributed by atoms with E-state index in [0.717, 1.165) is 17.3 Å². The van der Waals surface area contributed by atoms with E-state index in [2.05, 4.69) is 8.75 Å². The van der Waals surface area contributed by atoms with Gasteiger partial charge in [0, 0.05) is 38.8 Å². The molecular formula is C21H23N5O3S2. The molecule has 0 unspecified atom stereocenters. The highest BCUT2D eigenvalue weighted by atomic mass is 32.2. The summed E-state index contributed by atoms with van der Waals surface area (Å²) in [6, 6.07) is 15.1. The van der Waals surface area contributed by atoms with Gasteiger partial charge < -0.3 is 9.80 Å². The van der Waals surface area contributed by atoms with Gasteiger partial charge in [0.25, 0.3) is 0 Å². The molecule has 2 saturated heterocycles. The Balaban J connectivity index is 1.24. The van der Waals surface area contributed by atoms with E-state index in [0.29, 0.717) is 56.6 Å². The van der Waals surface area contributed by atoms with Crippen LogP contribution in [0.1, 0.15) is 18.4 Å². The van der Waals surface area contributed by atoms with Crippen LogP contribution in [0, 0.1) is 0 Å². The molecule has 0 radical (unpaired) electrons. The standard InChI is InChI=1S/C21H23N5O3S2/c27-21-24(15-16-5-2-1-3-6-16)13-14-26(21)17-9-11-25(12-10-17)31(28,29)19-8-4-7-18-20(19)23-30-22-18/h1-8,17H,9-15H2. The minimum absolute atomic E-state index is 0.0449. The van der Waals surface area contributed by atoms with E-state index >= 15 is 0 Å². The molecule has 162 valence electrons. The molecule has 2 aromatic carbocycles. The van der Waals surface area contributed by atoms with Gasteiger partial charge in [-0.2, -0.15) is 13.1 Å². The molecule has 5 rings (SSSR count). The number of aromatic nitrogens is 2. The van der Waals surface area contributed by atoms with E-state index in [1.54, 1.807) is 18.2 Å². The van der Waals surface area contributed by atoms with Gasteiger partial charge in [-0.15, -0.1) is 0 Å². The number of benzene rings is 2. The lowest BCUT2D eigenvalue weighted by molar-refractivity contribution is 0.153. The number of amides is 2. The number of carbonyl (C=O) groups is 1. The fourth-order valence-corrected chi connectivity index (χ4v) is 6.64. The number of carbonyl (C=O) groups excluding carboxylic acids is 1. The van der Waals surface area contributed by atoms with Crippen molar-refractivity contribution < 1.29 is 13.2 Å². The molecule has 3 aromatic rings. The summed E-state index contributed by atoms with van der Waals surface area (Å²) in [5, 5.41) is 0. The highest BCUT2D eigenvalue weighted by Gasteiger charge is 2.38. The lowest BCUT2D eigenvalue weighted by atomic mass is 10.1. The van der Waals surface area contributed by atoms with E-state index < -0.39 is 10.0 Å². The smallest absolute Gasteiger partial charge is 0.320 e. The van der Waals surface area contributed by atoms with Crippen molar-refractivity contribution in [2.24, 2.45) is 0 Å². The van der Waals surface area contributed by atoms with Gasteiger partial charge in [0.15, 0.2) is 0 Å². The second kappa shape index (κ2) is 8.18. The van der Waals surface area contributed by atoms with Crippen LogP contribution in [0.5, 0.6) is 0 Å². The van der Waals surface area contributed by atoms with Crippen LogP contribution in [0.3, 0.4) is 0 Å². The second-order valence-corrected chi connectivity index (χ2v) is 10.3. The average molecular weight is 458 g/mol. The number of fused-ring (bicyclic) bond motifs is 1. The van der Waals surface area contributed by atoms with Gasteiger partial charge in [-0.1, -0.05) is 36.4 Å². The number of urea groups is 1. The number of hydrogen-bond donors (Lipinski definition) is 0. The van der Waals surface area contributed by atoms with Crippen molar-refractivity contribution in [1.82, 2.24) is 22.9 Å². The van der Waals surface area contributed by atoms with E-state index in [-0.39, 0.29) is 17.0 Å². The van der Waals surface area contributed by atoms with Gasteiger partial charge >= 0.3 is 6.03 Å². The summed E-state index contributed by atoms with van der Waals surface area (Å²) in [6.45, 7) is 2.78. The Morgan fingerprint density at radius 2 is 1.71 bits per heavy atom. The van der Waals surface area contributed by atoms with Crippen LogP contribution >= 0.6 is 11.7 Å². The highest BCUT2D eigenvalue weighted by Crippen LogP contribution is 2.29. The molecular weight excluding hydrogens is 434 g/mol. The van der Waals surface area contributed by atoms with Crippen LogP contribution in [0.2, 0.25) is 0 Å². The number of hydrogen-bond acceptors (Lipinski definition) is 6. The lowest BCUT2D eigenvalue weighted by Gasteiger charge is -2.35. The number of piperidine rings is 1. The third-order valence-electron chi connectivity index (χ3n) is 6.07. The molecule has 31 heavy (non-hydrogen) atoms. The molecule has 0 atom stereocenters. The van der Waals surface area contributed by atoms with E-state index in [4.69, 9.17) is 0 Å². The van der Waals surface area contributed by atoms with Gasteiger partial charge in [-0.3, -0.25) is 0 Å². The first-order chi connectivity index (χ1) is 15.0. The van der Waals surface area contributed by atoms with Crippen molar-refractivity contribution in [3.05, 3.63) is 54.1 Å². The van der Waals surface area contributed by atoms with Crippen LogP contribution in [0.4, 0.5) is 4.79 Å². The van der Waals surface area contributed by atoms with Gasteiger partial charge in [0.05, 0.1) is 11.7 Å². The third-order valence-corrected chi connectivity index (χ3v) is 8.55. The zero-order valence-corrected chi connectivity index (χ0v) is 18.6. The Morgan fingerprint density at radius 3 is 2.48 bits per heavy atom. The largest absolute Gasteiger partial charge is 0.320 e. The zero-order valence-electron chi connectivity index (χ0n) is 16.9. The van der Waals surface area contributed by atoms with Crippen LogP contribution < -0.4 is 0 Å². The van der Waals surface area contributed by atoms with Crippen molar-refractivity contribution in [2.45, 2.75) is 30.3 Å². The van der Waals surface area contributed by atoms with Crippen molar-refractivity contribution in [3.63, 3.8) is 0 Å². The maximum absolute atomic E-state index is 13.2. The first-order valence-electron chi connectivity index (χ1n) is 10.3. The monoisotopic (exact) mass is 457 g/mol. The van der Waals surface area contributed by atoms with Crippen LogP contribution in [-0.2, 0) is 16.6 Å². The molecule has 8 nitrogen and oxygen atoms in total. The summed E-state index contributed by atoms with van der Waals surface area (Å²) in [4.78, 5) is 16.9. The summed E-state index contributed by atoms with van der Waals surface area (Å²) in [6.07, 6.45) is 1.27. The highest BCUT2D eigenvalue weighted by molar-refractivity contribution is 7.89. The minimum atomic E-state index is -3.65. The van der Waals surface area contributed by atoms with Gasteiger partial charge in [0.1, 0.15) is 15.9 Å². The molecule has 10 heteroatoms. The van der Waals surface area contributed by atoms with Crippen molar-refractivity contribution in [3.8, 4) is 0 Å². The number of nitrogens with zero attached hydrogens (tertiary/aromatic N) is 5. The third kappa shape index (κ3) is 3.79. The maximum Gasteiger partial charge on any atom is 0.320 e. The van der Waals surface area contributed by atoms with E-state index in [1.165, 1.54) is 4.31 Å². The van der Waals surface area contributed by atoms with Crippen molar-refractivity contribution in [1.29, 1.82) is 0 Å². The Bertz CT molecular complexity index is 1190. The van der Waals surface area contributed by atoms with Crippen molar-refractivity contribution >= 4 is 38.8 Å². The number of rotatable bonds is 5. The summed E-state index contributed by atoms with van der Waals surface area (Å²) in [7, 11) is -3.65. The Kier molecular flexibility index (Phi) is 5.37. The molecule has 2 aliphatic heterocycles. The van der Waals surface area contributed by atoms with E-state index in [9.17, 15) is 13.2 Å². The molecule has 0 N–H and O–H groups in total. The fourth-order valence-electron chi connectivity index (χ4n) is 4.41. The first kappa shape index (κ1) is 20.3. The average Bonchev–Trinajstić information content (AvgIpc) is 3.41. The Labute approximate surface area is 185 Å². The molecule has 0 saturated carbocycles. The predicted octanol–water partition coefficient (Wildman–Crippen LogP) is 2.78. The van der Waals surface area contributed by atoms with Gasteiger partial charge in [-0.05, 0) is 30.5 Å². The quantitative estimate of drug-likeness (QED) is 0.588. The van der Waals surface area contributed by atoms with Crippen LogP contribution in [0.15, 0.2) is 53.4 Å². The Hall–Kier alpha value is -2.56. The molecule has 3 heterocycles. The summed E-state index contributed by atoms with van der Waals surface area (Å²) >= 11 is 1.02.